The zero-order valence-corrected chi connectivity index (χ0v) is 17.9. The topological polar surface area (TPSA) is 85.0 Å². The minimum Gasteiger partial charge on any atom is -0.343 e. The van der Waals surface area contributed by atoms with Gasteiger partial charge in [0.2, 0.25) is 11.8 Å². The zero-order chi connectivity index (χ0) is 21.0. The number of hydrogen-bond donors (Lipinski definition) is 1. The highest BCUT2D eigenvalue weighted by molar-refractivity contribution is 5.89. The summed E-state index contributed by atoms with van der Waals surface area (Å²) in [7, 11) is 0. The molecule has 1 N–H and O–H groups in total. The molecule has 0 aliphatic carbocycles. The van der Waals surface area contributed by atoms with Crippen molar-refractivity contribution in [1.29, 1.82) is 0 Å². The summed E-state index contributed by atoms with van der Waals surface area (Å²) in [5.41, 5.74) is 2.05. The quantitative estimate of drug-likeness (QED) is 0.774. The van der Waals surface area contributed by atoms with Crippen LogP contribution >= 0.6 is 0 Å². The molecule has 29 heavy (non-hydrogen) atoms. The summed E-state index contributed by atoms with van der Waals surface area (Å²) >= 11 is 0. The third-order valence-electron chi connectivity index (χ3n) is 5.61. The van der Waals surface area contributed by atoms with E-state index >= 15 is 0 Å². The van der Waals surface area contributed by atoms with Crippen LogP contribution in [0.5, 0.6) is 0 Å². The first-order valence-corrected chi connectivity index (χ1v) is 10.5. The molecular formula is C21H32N6O2. The van der Waals surface area contributed by atoms with Gasteiger partial charge >= 0.3 is 0 Å². The molecular weight excluding hydrogens is 368 g/mol. The minimum atomic E-state index is -0.00530. The van der Waals surface area contributed by atoms with Crippen LogP contribution in [0.25, 0.3) is 0 Å². The van der Waals surface area contributed by atoms with Crippen LogP contribution in [0.4, 0.5) is 5.82 Å². The van der Waals surface area contributed by atoms with Crippen molar-refractivity contribution in [3.8, 4) is 0 Å². The van der Waals surface area contributed by atoms with Crippen LogP contribution < -0.4 is 5.32 Å². The number of nitrogens with one attached hydrogen (secondary N) is 1. The Morgan fingerprint density at radius 2 is 1.97 bits per heavy atom. The van der Waals surface area contributed by atoms with E-state index in [1.54, 1.807) is 4.68 Å². The molecule has 2 aromatic rings. The molecule has 1 aliphatic rings. The SMILES string of the molecule is CCn1ccc(NC(=O)CC2CCN(C(=O)CC(C)n3nc(C)cc3C)CC2)n1. The summed E-state index contributed by atoms with van der Waals surface area (Å²) in [4.78, 5) is 26.9. The van der Waals surface area contributed by atoms with E-state index in [1.807, 2.05) is 55.6 Å². The summed E-state index contributed by atoms with van der Waals surface area (Å²) in [5.74, 6) is 1.07. The number of piperidine rings is 1. The highest BCUT2D eigenvalue weighted by Crippen LogP contribution is 2.23. The molecule has 1 fully saturated rings. The number of aryl methyl sites for hydroxylation is 3. The Kier molecular flexibility index (Phi) is 6.71. The number of hydrogen-bond acceptors (Lipinski definition) is 4. The second-order valence-electron chi connectivity index (χ2n) is 8.06. The van der Waals surface area contributed by atoms with Gasteiger partial charge in [-0.25, -0.2) is 0 Å². The molecule has 1 aliphatic heterocycles. The van der Waals surface area contributed by atoms with Gasteiger partial charge in [0.15, 0.2) is 5.82 Å². The van der Waals surface area contributed by atoms with Gasteiger partial charge in [0.25, 0.3) is 0 Å². The maximum absolute atomic E-state index is 12.7. The third-order valence-corrected chi connectivity index (χ3v) is 5.61. The second-order valence-corrected chi connectivity index (χ2v) is 8.06. The van der Waals surface area contributed by atoms with E-state index in [4.69, 9.17) is 0 Å². The molecule has 0 spiro atoms. The van der Waals surface area contributed by atoms with E-state index in [-0.39, 0.29) is 17.9 Å². The Balaban J connectivity index is 1.43. The van der Waals surface area contributed by atoms with Gasteiger partial charge < -0.3 is 10.2 Å². The highest BCUT2D eigenvalue weighted by atomic mass is 16.2. The summed E-state index contributed by atoms with van der Waals surface area (Å²) < 4.78 is 3.72. The molecule has 0 saturated carbocycles. The summed E-state index contributed by atoms with van der Waals surface area (Å²) in [5, 5.41) is 11.6. The van der Waals surface area contributed by atoms with E-state index in [0.29, 0.717) is 37.7 Å². The molecule has 2 amide bonds. The van der Waals surface area contributed by atoms with Crippen molar-refractivity contribution >= 4 is 17.6 Å². The van der Waals surface area contributed by atoms with Crippen molar-refractivity contribution in [3.63, 3.8) is 0 Å². The molecule has 1 unspecified atom stereocenters. The average molecular weight is 401 g/mol. The predicted molar refractivity (Wildman–Crippen MR) is 111 cm³/mol. The van der Waals surface area contributed by atoms with Gasteiger partial charge in [0.1, 0.15) is 0 Å². The Hall–Kier alpha value is -2.64. The molecule has 8 nitrogen and oxygen atoms in total. The van der Waals surface area contributed by atoms with Crippen molar-refractivity contribution in [3.05, 3.63) is 29.7 Å². The van der Waals surface area contributed by atoms with Crippen LogP contribution in [-0.4, -0.2) is 49.4 Å². The van der Waals surface area contributed by atoms with E-state index in [0.717, 1.165) is 30.8 Å². The third kappa shape index (κ3) is 5.46. The van der Waals surface area contributed by atoms with E-state index in [9.17, 15) is 9.59 Å². The lowest BCUT2D eigenvalue weighted by atomic mass is 9.93. The van der Waals surface area contributed by atoms with Gasteiger partial charge in [0, 0.05) is 50.4 Å². The Morgan fingerprint density at radius 1 is 1.24 bits per heavy atom. The largest absolute Gasteiger partial charge is 0.343 e. The summed E-state index contributed by atoms with van der Waals surface area (Å²) in [6.07, 6.45) is 4.50. The van der Waals surface area contributed by atoms with Crippen molar-refractivity contribution < 1.29 is 9.59 Å². The lowest BCUT2D eigenvalue weighted by Gasteiger charge is -2.32. The summed E-state index contributed by atoms with van der Waals surface area (Å²) in [6.45, 7) is 10.2. The van der Waals surface area contributed by atoms with E-state index < -0.39 is 0 Å². The first-order valence-electron chi connectivity index (χ1n) is 10.5. The first-order chi connectivity index (χ1) is 13.9. The molecule has 1 saturated heterocycles. The number of likely N-dealkylation sites (tertiary alicyclic amines) is 1. The van der Waals surface area contributed by atoms with Crippen LogP contribution in [-0.2, 0) is 16.1 Å². The number of nitrogens with zero attached hydrogens (tertiary/aromatic N) is 5. The smallest absolute Gasteiger partial charge is 0.225 e. The predicted octanol–water partition coefficient (Wildman–Crippen LogP) is 2.93. The van der Waals surface area contributed by atoms with Crippen LogP contribution in [0.1, 0.15) is 57.0 Å². The normalized spacial score (nSPS) is 16.1. The summed E-state index contributed by atoms with van der Waals surface area (Å²) in [6, 6.07) is 3.89. The molecule has 0 aromatic carbocycles. The van der Waals surface area contributed by atoms with Gasteiger partial charge in [-0.3, -0.25) is 19.0 Å². The van der Waals surface area contributed by atoms with Crippen LogP contribution in [0, 0.1) is 19.8 Å². The fraction of sp³-hybridized carbons (Fsp3) is 0.619. The van der Waals surface area contributed by atoms with Gasteiger partial charge in [-0.2, -0.15) is 10.2 Å². The fourth-order valence-corrected chi connectivity index (χ4v) is 4.01. The van der Waals surface area contributed by atoms with Gasteiger partial charge in [0.05, 0.1) is 11.7 Å². The van der Waals surface area contributed by atoms with Crippen molar-refractivity contribution in [1.82, 2.24) is 24.5 Å². The monoisotopic (exact) mass is 400 g/mol. The van der Waals surface area contributed by atoms with Crippen molar-refractivity contribution in [2.24, 2.45) is 5.92 Å². The Labute approximate surface area is 172 Å². The lowest BCUT2D eigenvalue weighted by molar-refractivity contribution is -0.133. The van der Waals surface area contributed by atoms with Gasteiger partial charge in [-0.15, -0.1) is 0 Å². The van der Waals surface area contributed by atoms with Crippen molar-refractivity contribution in [2.75, 3.05) is 18.4 Å². The lowest BCUT2D eigenvalue weighted by Crippen LogP contribution is -2.40. The highest BCUT2D eigenvalue weighted by Gasteiger charge is 2.26. The Morgan fingerprint density at radius 3 is 2.55 bits per heavy atom. The van der Waals surface area contributed by atoms with Crippen LogP contribution in [0.15, 0.2) is 18.3 Å². The van der Waals surface area contributed by atoms with E-state index in [1.165, 1.54) is 0 Å². The maximum atomic E-state index is 12.7. The number of amides is 2. The minimum absolute atomic E-state index is 0.00530. The number of anilines is 1. The number of rotatable bonds is 7. The van der Waals surface area contributed by atoms with Crippen LogP contribution in [0.3, 0.4) is 0 Å². The molecule has 0 bridgehead atoms. The molecule has 3 heterocycles. The second kappa shape index (κ2) is 9.24. The Bertz CT molecular complexity index is 847. The molecule has 8 heteroatoms. The van der Waals surface area contributed by atoms with Gasteiger partial charge in [-0.05, 0) is 52.5 Å². The standard InChI is InChI=1S/C21H32N6O2/c1-5-26-11-8-19(24-26)22-20(28)14-18-6-9-25(10-7-18)21(29)13-17(4)27-16(3)12-15(2)23-27/h8,11-12,17-18H,5-7,9-10,13-14H2,1-4H3,(H,22,24,28). The number of carbonyl (C=O) groups excluding carboxylic acids is 2. The van der Waals surface area contributed by atoms with Crippen LogP contribution in [0.2, 0.25) is 0 Å². The molecule has 2 aromatic heterocycles. The maximum Gasteiger partial charge on any atom is 0.225 e. The molecule has 1 atom stereocenters. The first kappa shape index (κ1) is 21.1. The number of carbonyl (C=O) groups is 2. The van der Waals surface area contributed by atoms with Gasteiger partial charge in [-0.1, -0.05) is 0 Å². The molecule has 0 radical (unpaired) electrons. The average Bonchev–Trinajstić information content (AvgIpc) is 3.27. The van der Waals surface area contributed by atoms with Crippen molar-refractivity contribution in [2.45, 2.75) is 66.0 Å². The molecule has 158 valence electrons. The molecule has 3 rings (SSSR count). The number of aromatic nitrogens is 4. The zero-order valence-electron chi connectivity index (χ0n) is 17.9. The van der Waals surface area contributed by atoms with E-state index in [2.05, 4.69) is 15.5 Å². The fourth-order valence-electron chi connectivity index (χ4n) is 4.01.